The Morgan fingerprint density at radius 3 is 2.39 bits per heavy atom. The number of fused-ring (bicyclic) bond motifs is 1. The molecule has 1 aliphatic rings. The van der Waals surface area contributed by atoms with E-state index in [1.165, 1.54) is 30.6 Å². The van der Waals surface area contributed by atoms with Gasteiger partial charge in [-0.05, 0) is 49.1 Å². The molecule has 2 aromatic heterocycles. The summed E-state index contributed by atoms with van der Waals surface area (Å²) in [5.74, 6) is 2.38. The van der Waals surface area contributed by atoms with Crippen molar-refractivity contribution in [2.24, 2.45) is 0 Å². The van der Waals surface area contributed by atoms with Crippen molar-refractivity contribution in [2.45, 2.75) is 32.6 Å². The van der Waals surface area contributed by atoms with Crippen LogP contribution in [0.3, 0.4) is 0 Å². The fourth-order valence-corrected chi connectivity index (χ4v) is 5.17. The van der Waals surface area contributed by atoms with Crippen molar-refractivity contribution in [1.82, 2.24) is 9.97 Å². The first-order valence-corrected chi connectivity index (χ1v) is 10.8. The third-order valence-electron chi connectivity index (χ3n) is 5.26. The molecule has 148 valence electrons. The number of hydrogen-bond donors (Lipinski definition) is 0. The summed E-state index contributed by atoms with van der Waals surface area (Å²) in [7, 11) is 3.31. The van der Waals surface area contributed by atoms with Gasteiger partial charge in [-0.2, -0.15) is 4.98 Å². The lowest BCUT2D eigenvalue weighted by Crippen LogP contribution is -2.25. The second-order valence-corrected chi connectivity index (χ2v) is 8.54. The zero-order chi connectivity index (χ0) is 19.7. The predicted molar refractivity (Wildman–Crippen MR) is 116 cm³/mol. The molecule has 0 unspecified atom stereocenters. The van der Waals surface area contributed by atoms with Crippen molar-refractivity contribution in [1.29, 1.82) is 0 Å². The number of benzene rings is 1. The number of hydrogen-bond acceptors (Lipinski definition) is 6. The molecule has 0 bridgehead atoms. The summed E-state index contributed by atoms with van der Waals surface area (Å²) in [5, 5.41) is 1.40. The number of methoxy groups -OCH3 is 2. The van der Waals surface area contributed by atoms with Crippen LogP contribution >= 0.6 is 22.9 Å². The lowest BCUT2D eigenvalue weighted by molar-refractivity contribution is 0.355. The summed E-state index contributed by atoms with van der Waals surface area (Å²) in [6.07, 6.45) is 4.89. The fraction of sp³-hybridized carbons (Fsp3) is 0.429. The highest BCUT2D eigenvalue weighted by Crippen LogP contribution is 2.44. The molecule has 1 fully saturated rings. The van der Waals surface area contributed by atoms with Gasteiger partial charge < -0.3 is 14.4 Å². The van der Waals surface area contributed by atoms with Gasteiger partial charge in [-0.1, -0.05) is 18.9 Å². The van der Waals surface area contributed by atoms with E-state index in [1.54, 1.807) is 25.6 Å². The standard InChI is InChI=1S/C21H24ClN3O2S/c1-13-17(14-8-9-15(26-2)16(12-14)27-3)18-19(23-21(22)24-20(18)28-13)25-10-6-4-5-7-11-25/h8-9,12H,4-7,10-11H2,1-3H3. The van der Waals surface area contributed by atoms with Crippen LogP contribution in [0.5, 0.6) is 11.5 Å². The third kappa shape index (κ3) is 3.51. The van der Waals surface area contributed by atoms with Crippen molar-refractivity contribution < 1.29 is 9.47 Å². The molecule has 3 aromatic rings. The molecule has 0 aliphatic carbocycles. The van der Waals surface area contributed by atoms with Gasteiger partial charge in [0.05, 0.1) is 19.6 Å². The normalized spacial score (nSPS) is 14.9. The van der Waals surface area contributed by atoms with Gasteiger partial charge in [0.2, 0.25) is 5.28 Å². The van der Waals surface area contributed by atoms with Gasteiger partial charge in [0.1, 0.15) is 10.6 Å². The lowest BCUT2D eigenvalue weighted by atomic mass is 10.0. The van der Waals surface area contributed by atoms with E-state index in [0.717, 1.165) is 46.0 Å². The van der Waals surface area contributed by atoms with E-state index < -0.39 is 0 Å². The summed E-state index contributed by atoms with van der Waals surface area (Å²) >= 11 is 7.96. The largest absolute Gasteiger partial charge is 0.493 e. The van der Waals surface area contributed by atoms with Gasteiger partial charge in [-0.25, -0.2) is 4.98 Å². The van der Waals surface area contributed by atoms with Gasteiger partial charge >= 0.3 is 0 Å². The molecule has 0 spiro atoms. The molecule has 4 rings (SSSR count). The van der Waals surface area contributed by atoms with Gasteiger partial charge in [0, 0.05) is 23.5 Å². The zero-order valence-corrected chi connectivity index (χ0v) is 18.0. The summed E-state index contributed by atoms with van der Waals surface area (Å²) < 4.78 is 10.9. The highest BCUT2D eigenvalue weighted by Gasteiger charge is 2.23. The summed E-state index contributed by atoms with van der Waals surface area (Å²) in [4.78, 5) is 13.7. The molecule has 3 heterocycles. The highest BCUT2D eigenvalue weighted by atomic mass is 35.5. The third-order valence-corrected chi connectivity index (χ3v) is 6.43. The molecule has 0 radical (unpaired) electrons. The number of thiophene rings is 1. The van der Waals surface area contributed by atoms with Crippen molar-refractivity contribution in [2.75, 3.05) is 32.2 Å². The van der Waals surface area contributed by atoms with Crippen LogP contribution in [0.4, 0.5) is 5.82 Å². The van der Waals surface area contributed by atoms with Crippen molar-refractivity contribution in [3.63, 3.8) is 0 Å². The van der Waals surface area contributed by atoms with E-state index in [1.807, 2.05) is 12.1 Å². The maximum atomic E-state index is 6.30. The Kier molecular flexibility index (Phi) is 5.60. The van der Waals surface area contributed by atoms with Crippen LogP contribution in [0.2, 0.25) is 5.28 Å². The summed E-state index contributed by atoms with van der Waals surface area (Å²) in [6.45, 7) is 4.13. The number of aromatic nitrogens is 2. The van der Waals surface area contributed by atoms with E-state index in [0.29, 0.717) is 11.0 Å². The lowest BCUT2D eigenvalue weighted by Gasteiger charge is -2.23. The Bertz CT molecular complexity index is 997. The first-order valence-electron chi connectivity index (χ1n) is 9.56. The first kappa shape index (κ1) is 19.3. The van der Waals surface area contributed by atoms with E-state index in [9.17, 15) is 0 Å². The number of aryl methyl sites for hydroxylation is 1. The molecule has 0 N–H and O–H groups in total. The average molecular weight is 418 g/mol. The fourth-order valence-electron chi connectivity index (χ4n) is 3.92. The quantitative estimate of drug-likeness (QED) is 0.508. The minimum Gasteiger partial charge on any atom is -0.493 e. The predicted octanol–water partition coefficient (Wildman–Crippen LogP) is 5.72. The maximum absolute atomic E-state index is 6.30. The van der Waals surface area contributed by atoms with Crippen LogP contribution < -0.4 is 14.4 Å². The average Bonchev–Trinajstić information content (AvgIpc) is 2.87. The molecule has 0 amide bonds. The molecule has 1 aliphatic heterocycles. The molecule has 0 atom stereocenters. The van der Waals surface area contributed by atoms with Crippen molar-refractivity contribution >= 4 is 39.0 Å². The van der Waals surface area contributed by atoms with Crippen LogP contribution in [0.1, 0.15) is 30.6 Å². The number of nitrogens with zero attached hydrogens (tertiary/aromatic N) is 3. The van der Waals surface area contributed by atoms with Gasteiger partial charge in [-0.15, -0.1) is 11.3 Å². The topological polar surface area (TPSA) is 47.5 Å². The van der Waals surface area contributed by atoms with Gasteiger partial charge in [0.15, 0.2) is 11.5 Å². The monoisotopic (exact) mass is 417 g/mol. The van der Waals surface area contributed by atoms with Crippen molar-refractivity contribution in [3.8, 4) is 22.6 Å². The second kappa shape index (κ2) is 8.13. The van der Waals surface area contributed by atoms with Crippen LogP contribution in [-0.4, -0.2) is 37.3 Å². The van der Waals surface area contributed by atoms with Crippen LogP contribution in [0, 0.1) is 6.92 Å². The SMILES string of the molecule is COc1ccc(-c2c(C)sc3nc(Cl)nc(N4CCCCCC4)c23)cc1OC. The summed E-state index contributed by atoms with van der Waals surface area (Å²) in [6, 6.07) is 6.03. The van der Waals surface area contributed by atoms with Crippen LogP contribution in [0.25, 0.3) is 21.3 Å². The number of ether oxygens (including phenoxy) is 2. The smallest absolute Gasteiger partial charge is 0.225 e. The van der Waals surface area contributed by atoms with E-state index in [4.69, 9.17) is 21.1 Å². The summed E-state index contributed by atoms with van der Waals surface area (Å²) in [5.41, 5.74) is 2.22. The first-order chi connectivity index (χ1) is 13.6. The van der Waals surface area contributed by atoms with Crippen LogP contribution in [0.15, 0.2) is 18.2 Å². The maximum Gasteiger partial charge on any atom is 0.225 e. The Morgan fingerprint density at radius 2 is 1.71 bits per heavy atom. The second-order valence-electron chi connectivity index (χ2n) is 7.00. The Hall–Kier alpha value is -2.05. The van der Waals surface area contributed by atoms with Crippen LogP contribution in [-0.2, 0) is 0 Å². The molecular weight excluding hydrogens is 394 g/mol. The minimum absolute atomic E-state index is 0.312. The minimum atomic E-state index is 0.312. The molecule has 0 saturated carbocycles. The number of rotatable bonds is 4. The Balaban J connectivity index is 1.93. The Labute approximate surface area is 174 Å². The number of anilines is 1. The van der Waals surface area contributed by atoms with Gasteiger partial charge in [0.25, 0.3) is 0 Å². The zero-order valence-electron chi connectivity index (χ0n) is 16.4. The van der Waals surface area contributed by atoms with Gasteiger partial charge in [-0.3, -0.25) is 0 Å². The Morgan fingerprint density at radius 1 is 1.00 bits per heavy atom. The molecule has 5 nitrogen and oxygen atoms in total. The molecule has 1 saturated heterocycles. The molecule has 7 heteroatoms. The van der Waals surface area contributed by atoms with E-state index in [-0.39, 0.29) is 0 Å². The number of halogens is 1. The molecular formula is C21H24ClN3O2S. The molecule has 28 heavy (non-hydrogen) atoms. The van der Waals surface area contributed by atoms with E-state index in [2.05, 4.69) is 27.9 Å². The highest BCUT2D eigenvalue weighted by molar-refractivity contribution is 7.19. The van der Waals surface area contributed by atoms with Crippen molar-refractivity contribution in [3.05, 3.63) is 28.4 Å². The molecule has 1 aromatic carbocycles. The van der Waals surface area contributed by atoms with E-state index >= 15 is 0 Å².